The second-order valence-electron chi connectivity index (χ2n) is 10.5. The van der Waals surface area contributed by atoms with Crippen molar-refractivity contribution in [3.05, 3.63) is 50.1 Å². The molecule has 0 aliphatic carbocycles. The zero-order valence-corrected chi connectivity index (χ0v) is 23.7. The Kier molecular flexibility index (Phi) is 5.60. The molecule has 0 saturated heterocycles. The van der Waals surface area contributed by atoms with E-state index in [4.69, 9.17) is 23.7 Å². The van der Waals surface area contributed by atoms with Crippen LogP contribution in [0.2, 0.25) is 14.8 Å². The summed E-state index contributed by atoms with van der Waals surface area (Å²) in [7, 11) is 3.28. The fourth-order valence-electron chi connectivity index (χ4n) is 5.42. The first-order valence-corrected chi connectivity index (χ1v) is 21.6. The predicted octanol–water partition coefficient (Wildman–Crippen LogP) is 5.29. The number of aliphatic hydroxyl groups is 1. The normalized spacial score (nSPS) is 19.9. The predicted molar refractivity (Wildman–Crippen MR) is 135 cm³/mol. The summed E-state index contributed by atoms with van der Waals surface area (Å²) in [6.45, 7) is 4.52. The first-order valence-electron chi connectivity index (χ1n) is 11.6. The van der Waals surface area contributed by atoms with Gasteiger partial charge in [-0.3, -0.25) is 0 Å². The van der Waals surface area contributed by atoms with Gasteiger partial charge in [0.25, 0.3) is 0 Å². The summed E-state index contributed by atoms with van der Waals surface area (Å²) < 4.78 is 32.2. The standard InChI is InChI=1S/C24H23O6.3CH3.Sn/c1-24(2)8-7-14-17(30-24)6-5-15-22(14)29-20-12-28-19-9-13(11-25)18(26-3)10-16(19)21(20)23(15)27-4;;;;/h5-7,9-10,20,25H,11-12H2,1-4H3;3*1H3;/t20-;;;;/m1..../s1. The quantitative estimate of drug-likeness (QED) is 0.504. The molecule has 3 aliphatic heterocycles. The van der Waals surface area contributed by atoms with Gasteiger partial charge < -0.3 is 5.11 Å². The molecule has 6 nitrogen and oxygen atoms in total. The van der Waals surface area contributed by atoms with Crippen molar-refractivity contribution in [2.24, 2.45) is 0 Å². The summed E-state index contributed by atoms with van der Waals surface area (Å²) in [5, 5.41) is 9.73. The number of hydrogen-bond acceptors (Lipinski definition) is 6. The van der Waals surface area contributed by atoms with E-state index in [0.29, 0.717) is 23.7 Å². The van der Waals surface area contributed by atoms with Crippen molar-refractivity contribution in [1.29, 1.82) is 0 Å². The Morgan fingerprint density at radius 3 is 2.47 bits per heavy atom. The number of benzene rings is 2. The fraction of sp³-hybridized carbons (Fsp3) is 0.407. The number of ether oxygens (including phenoxy) is 5. The van der Waals surface area contributed by atoms with E-state index in [0.717, 1.165) is 39.5 Å². The second kappa shape index (κ2) is 8.12. The number of aliphatic hydroxyl groups excluding tert-OH is 1. The van der Waals surface area contributed by atoms with E-state index in [2.05, 4.69) is 34.7 Å². The third-order valence-electron chi connectivity index (χ3n) is 6.78. The van der Waals surface area contributed by atoms with Crippen LogP contribution in [0.3, 0.4) is 0 Å². The first-order chi connectivity index (χ1) is 16.1. The van der Waals surface area contributed by atoms with E-state index in [1.165, 1.54) is 3.59 Å². The van der Waals surface area contributed by atoms with Gasteiger partial charge in [0.1, 0.15) is 0 Å². The van der Waals surface area contributed by atoms with Crippen molar-refractivity contribution < 1.29 is 28.8 Å². The van der Waals surface area contributed by atoms with Gasteiger partial charge in [-0.2, -0.15) is 0 Å². The molecule has 0 radical (unpaired) electrons. The molecular formula is C27H32O6Sn. The topological polar surface area (TPSA) is 66.4 Å². The van der Waals surface area contributed by atoms with Crippen LogP contribution in [-0.4, -0.2) is 56.0 Å². The SMILES string of the molecule is COC1=C2c3cc(OC)c(CO)cc3OC[C@H]2Oc2c1ccc1c2C=[C]([Sn]([CH3])([CH3])[CH3])C(C)(C)O1. The summed E-state index contributed by atoms with van der Waals surface area (Å²) in [4.78, 5) is 7.22. The van der Waals surface area contributed by atoms with Crippen LogP contribution in [0.5, 0.6) is 23.0 Å². The Morgan fingerprint density at radius 1 is 1.06 bits per heavy atom. The van der Waals surface area contributed by atoms with E-state index in [1.807, 2.05) is 24.3 Å². The first kappa shape index (κ1) is 23.4. The molecule has 180 valence electrons. The number of fused-ring (bicyclic) bond motifs is 6. The number of methoxy groups -OCH3 is 2. The maximum absolute atomic E-state index is 9.73. The zero-order valence-electron chi connectivity index (χ0n) is 20.9. The van der Waals surface area contributed by atoms with Crippen LogP contribution in [-0.2, 0) is 11.3 Å². The van der Waals surface area contributed by atoms with E-state index in [9.17, 15) is 5.11 Å². The van der Waals surface area contributed by atoms with Gasteiger partial charge in [-0.1, -0.05) is 0 Å². The van der Waals surface area contributed by atoms with Gasteiger partial charge in [0.2, 0.25) is 0 Å². The van der Waals surface area contributed by atoms with E-state index >= 15 is 0 Å². The van der Waals surface area contributed by atoms with Gasteiger partial charge in [0.15, 0.2) is 0 Å². The monoisotopic (exact) mass is 572 g/mol. The van der Waals surface area contributed by atoms with Gasteiger partial charge >= 0.3 is 200 Å². The van der Waals surface area contributed by atoms with Crippen LogP contribution in [0.4, 0.5) is 0 Å². The molecule has 0 spiro atoms. The molecule has 0 aromatic heterocycles. The average Bonchev–Trinajstić information content (AvgIpc) is 2.79. The molecule has 1 N–H and O–H groups in total. The summed E-state index contributed by atoms with van der Waals surface area (Å²) in [6.07, 6.45) is 1.97. The van der Waals surface area contributed by atoms with Crippen LogP contribution in [0.25, 0.3) is 17.4 Å². The summed E-state index contributed by atoms with van der Waals surface area (Å²) in [6, 6.07) is 7.75. The van der Waals surface area contributed by atoms with Crippen LogP contribution in [0.1, 0.15) is 36.1 Å². The molecule has 0 unspecified atom stereocenters. The minimum absolute atomic E-state index is 0.130. The van der Waals surface area contributed by atoms with Crippen LogP contribution in [0, 0.1) is 0 Å². The molecule has 5 rings (SSSR count). The second-order valence-corrected chi connectivity index (χ2v) is 24.8. The number of rotatable bonds is 4. The molecule has 0 amide bonds. The summed E-state index contributed by atoms with van der Waals surface area (Å²) in [5.41, 5.74) is 4.00. The fourth-order valence-corrected chi connectivity index (χ4v) is 12.4. The third-order valence-corrected chi connectivity index (χ3v) is 13.5. The zero-order chi connectivity index (χ0) is 24.4. The molecule has 2 aromatic rings. The van der Waals surface area contributed by atoms with Crippen LogP contribution in [0.15, 0.2) is 27.9 Å². The van der Waals surface area contributed by atoms with Gasteiger partial charge in [-0.05, 0) is 0 Å². The van der Waals surface area contributed by atoms with Crippen molar-refractivity contribution >= 4 is 35.8 Å². The van der Waals surface area contributed by atoms with Crippen molar-refractivity contribution in [2.45, 2.75) is 47.0 Å². The molecule has 0 fully saturated rings. The summed E-state index contributed by atoms with van der Waals surface area (Å²) >= 11 is -2.46. The molecule has 34 heavy (non-hydrogen) atoms. The molecule has 3 heterocycles. The number of hydrogen-bond donors (Lipinski definition) is 1. The molecule has 1 atom stereocenters. The van der Waals surface area contributed by atoms with Gasteiger partial charge in [-0.15, -0.1) is 0 Å². The van der Waals surface area contributed by atoms with E-state index < -0.39 is 18.4 Å². The molecule has 7 heteroatoms. The molecular weight excluding hydrogens is 539 g/mol. The van der Waals surface area contributed by atoms with Gasteiger partial charge in [0.05, 0.1) is 0 Å². The van der Waals surface area contributed by atoms with Crippen molar-refractivity contribution in [3.63, 3.8) is 0 Å². The van der Waals surface area contributed by atoms with Gasteiger partial charge in [-0.25, -0.2) is 0 Å². The Bertz CT molecular complexity index is 1230. The van der Waals surface area contributed by atoms with E-state index in [1.54, 1.807) is 14.2 Å². The van der Waals surface area contributed by atoms with Crippen LogP contribution >= 0.6 is 0 Å². The van der Waals surface area contributed by atoms with Gasteiger partial charge in [0, 0.05) is 0 Å². The molecule has 3 aliphatic rings. The Hall–Kier alpha value is -2.32. The molecule has 0 bridgehead atoms. The Balaban J connectivity index is 1.73. The van der Waals surface area contributed by atoms with Crippen molar-refractivity contribution in [3.8, 4) is 23.0 Å². The third kappa shape index (κ3) is 3.57. The Labute approximate surface area is 205 Å². The van der Waals surface area contributed by atoms with Crippen molar-refractivity contribution in [1.82, 2.24) is 0 Å². The van der Waals surface area contributed by atoms with Crippen LogP contribution < -0.4 is 18.9 Å². The maximum atomic E-state index is 9.73. The minimum atomic E-state index is -2.46. The molecule has 2 aromatic carbocycles. The van der Waals surface area contributed by atoms with Crippen molar-refractivity contribution in [2.75, 3.05) is 20.8 Å². The summed E-state index contributed by atoms with van der Waals surface area (Å²) in [5.74, 6) is 3.65. The average molecular weight is 571 g/mol. The van der Waals surface area contributed by atoms with E-state index in [-0.39, 0.29) is 18.3 Å². The molecule has 0 saturated carbocycles. The Morgan fingerprint density at radius 2 is 1.82 bits per heavy atom.